The van der Waals surface area contributed by atoms with Crippen LogP contribution in [0.25, 0.3) is 0 Å². The van der Waals surface area contributed by atoms with Crippen LogP contribution < -0.4 is 0 Å². The minimum absolute atomic E-state index is 0.138. The van der Waals surface area contributed by atoms with Gasteiger partial charge in [0.25, 0.3) is 0 Å². The molecule has 0 aliphatic carbocycles. The maximum Gasteiger partial charge on any atom is 0.305 e. The maximum absolute atomic E-state index is 10.6. The molecule has 2 heteroatoms. The van der Waals surface area contributed by atoms with Crippen molar-refractivity contribution in [1.29, 1.82) is 0 Å². The Kier molecular flexibility index (Phi) is 7.21. The minimum Gasteiger partial charge on any atom is -0.458 e. The van der Waals surface area contributed by atoms with Crippen molar-refractivity contribution in [2.24, 2.45) is 0 Å². The molecule has 1 radical (unpaired) electrons. The van der Waals surface area contributed by atoms with E-state index in [1.165, 1.54) is 12.8 Å². The predicted octanol–water partition coefficient (Wildman–Crippen LogP) is 2.68. The second kappa shape index (κ2) is 7.58. The van der Waals surface area contributed by atoms with Crippen LogP contribution in [0.15, 0.2) is 0 Å². The predicted molar refractivity (Wildman–Crippen MR) is 44.8 cm³/mol. The van der Waals surface area contributed by atoms with Crippen molar-refractivity contribution in [3.63, 3.8) is 0 Å². The summed E-state index contributed by atoms with van der Waals surface area (Å²) in [6, 6.07) is 0. The van der Waals surface area contributed by atoms with E-state index in [0.29, 0.717) is 6.42 Å². The Morgan fingerprint density at radius 2 is 2.09 bits per heavy atom. The van der Waals surface area contributed by atoms with Gasteiger partial charge in [0.15, 0.2) is 0 Å². The highest BCUT2D eigenvalue weighted by Crippen LogP contribution is 2.02. The average Bonchev–Trinajstić information content (AvgIpc) is 2.04. The Hall–Kier alpha value is -0.530. The van der Waals surface area contributed by atoms with E-state index in [-0.39, 0.29) is 5.97 Å². The minimum atomic E-state index is -0.138. The van der Waals surface area contributed by atoms with Crippen molar-refractivity contribution < 1.29 is 9.53 Å². The zero-order valence-corrected chi connectivity index (χ0v) is 7.43. The number of esters is 1. The van der Waals surface area contributed by atoms with Crippen molar-refractivity contribution in [3.05, 3.63) is 6.61 Å². The fourth-order valence-corrected chi connectivity index (χ4v) is 0.713. The van der Waals surface area contributed by atoms with Gasteiger partial charge in [-0.1, -0.05) is 26.7 Å². The maximum atomic E-state index is 10.6. The quantitative estimate of drug-likeness (QED) is 0.437. The molecule has 0 rings (SSSR count). The second-order valence-corrected chi connectivity index (χ2v) is 2.51. The summed E-state index contributed by atoms with van der Waals surface area (Å²) in [5.41, 5.74) is 0. The van der Waals surface area contributed by atoms with Crippen LogP contribution in [0.3, 0.4) is 0 Å². The Balaban J connectivity index is 2.95. The zero-order chi connectivity index (χ0) is 8.53. The molecule has 0 amide bonds. The first-order chi connectivity index (χ1) is 5.31. The SMILES string of the molecule is CCCCC[CH]OC(=O)CC. The molecule has 65 valence electrons. The lowest BCUT2D eigenvalue weighted by Crippen LogP contribution is -1.99. The number of carbonyl (C=O) groups excluding carboxylic acids is 1. The Labute approximate surface area is 68.9 Å². The third kappa shape index (κ3) is 7.37. The van der Waals surface area contributed by atoms with E-state index in [2.05, 4.69) is 6.92 Å². The monoisotopic (exact) mass is 157 g/mol. The summed E-state index contributed by atoms with van der Waals surface area (Å²) in [7, 11) is 0. The molecule has 0 saturated carbocycles. The lowest BCUT2D eigenvalue weighted by Gasteiger charge is -2.00. The first kappa shape index (κ1) is 10.5. The van der Waals surface area contributed by atoms with E-state index in [1.807, 2.05) is 0 Å². The molecule has 0 fully saturated rings. The summed E-state index contributed by atoms with van der Waals surface area (Å²) in [5, 5.41) is 0. The first-order valence-electron chi connectivity index (χ1n) is 4.32. The standard InChI is InChI=1S/C9H17O2/c1-3-5-6-7-8-11-9(10)4-2/h8H,3-7H2,1-2H3. The van der Waals surface area contributed by atoms with Gasteiger partial charge in [0.05, 0.1) is 0 Å². The molecule has 0 unspecified atom stereocenters. The first-order valence-corrected chi connectivity index (χ1v) is 4.32. The van der Waals surface area contributed by atoms with Crippen molar-refractivity contribution in [2.75, 3.05) is 0 Å². The van der Waals surface area contributed by atoms with Crippen LogP contribution in [0.2, 0.25) is 0 Å². The second-order valence-electron chi connectivity index (χ2n) is 2.51. The van der Waals surface area contributed by atoms with Crippen LogP contribution in [-0.2, 0) is 9.53 Å². The van der Waals surface area contributed by atoms with Crippen LogP contribution in [-0.4, -0.2) is 5.97 Å². The van der Waals surface area contributed by atoms with Crippen LogP contribution in [0.5, 0.6) is 0 Å². The van der Waals surface area contributed by atoms with Crippen molar-refractivity contribution in [2.45, 2.75) is 46.0 Å². The highest BCUT2D eigenvalue weighted by atomic mass is 16.5. The van der Waals surface area contributed by atoms with Crippen LogP contribution >= 0.6 is 0 Å². The van der Waals surface area contributed by atoms with Gasteiger partial charge < -0.3 is 4.74 Å². The van der Waals surface area contributed by atoms with E-state index in [1.54, 1.807) is 13.5 Å². The number of carbonyl (C=O) groups is 1. The Bertz CT molecular complexity index is 99.7. The van der Waals surface area contributed by atoms with Gasteiger partial charge in [0, 0.05) is 6.42 Å². The molecule has 0 spiro atoms. The number of unbranched alkanes of at least 4 members (excludes halogenated alkanes) is 3. The van der Waals surface area contributed by atoms with Gasteiger partial charge in [-0.25, -0.2) is 0 Å². The van der Waals surface area contributed by atoms with E-state index >= 15 is 0 Å². The summed E-state index contributed by atoms with van der Waals surface area (Å²) >= 11 is 0. The molecule has 0 aliphatic heterocycles. The van der Waals surface area contributed by atoms with E-state index in [0.717, 1.165) is 12.8 Å². The molecule has 0 aromatic heterocycles. The molecule has 0 saturated heterocycles. The molecule has 0 aromatic carbocycles. The van der Waals surface area contributed by atoms with Crippen LogP contribution in [0.4, 0.5) is 0 Å². The van der Waals surface area contributed by atoms with Crippen molar-refractivity contribution >= 4 is 5.97 Å². The van der Waals surface area contributed by atoms with Crippen molar-refractivity contribution in [1.82, 2.24) is 0 Å². The number of hydrogen-bond donors (Lipinski definition) is 0. The van der Waals surface area contributed by atoms with Gasteiger partial charge in [-0.3, -0.25) is 4.79 Å². The zero-order valence-electron chi connectivity index (χ0n) is 7.43. The molecule has 0 aromatic rings. The third-order valence-electron chi connectivity index (χ3n) is 1.43. The van der Waals surface area contributed by atoms with Gasteiger partial charge in [-0.05, 0) is 12.8 Å². The molecule has 2 nitrogen and oxygen atoms in total. The summed E-state index contributed by atoms with van der Waals surface area (Å²) in [6.07, 6.45) is 4.88. The molecule has 0 atom stereocenters. The molecular weight excluding hydrogens is 140 g/mol. The molecule has 0 heterocycles. The Morgan fingerprint density at radius 3 is 2.64 bits per heavy atom. The fraction of sp³-hybridized carbons (Fsp3) is 0.778. The molecule has 0 bridgehead atoms. The summed E-state index contributed by atoms with van der Waals surface area (Å²) in [6.45, 7) is 5.56. The van der Waals surface area contributed by atoms with Gasteiger partial charge in [0.1, 0.15) is 6.61 Å². The molecule has 0 aliphatic rings. The molecular formula is C9H17O2. The van der Waals surface area contributed by atoms with Crippen molar-refractivity contribution in [3.8, 4) is 0 Å². The van der Waals surface area contributed by atoms with E-state index < -0.39 is 0 Å². The summed E-state index contributed by atoms with van der Waals surface area (Å²) < 4.78 is 4.77. The fourth-order valence-electron chi connectivity index (χ4n) is 0.713. The lowest BCUT2D eigenvalue weighted by atomic mass is 10.2. The van der Waals surface area contributed by atoms with Gasteiger partial charge >= 0.3 is 5.97 Å². The van der Waals surface area contributed by atoms with Gasteiger partial charge in [0.2, 0.25) is 0 Å². The Morgan fingerprint density at radius 1 is 1.36 bits per heavy atom. The largest absolute Gasteiger partial charge is 0.458 e. The van der Waals surface area contributed by atoms with E-state index in [4.69, 9.17) is 4.74 Å². The highest BCUT2D eigenvalue weighted by molar-refractivity contribution is 5.69. The lowest BCUT2D eigenvalue weighted by molar-refractivity contribution is -0.139. The van der Waals surface area contributed by atoms with Gasteiger partial charge in [-0.2, -0.15) is 0 Å². The number of rotatable bonds is 6. The van der Waals surface area contributed by atoms with Gasteiger partial charge in [-0.15, -0.1) is 0 Å². The topological polar surface area (TPSA) is 26.3 Å². The average molecular weight is 157 g/mol. The smallest absolute Gasteiger partial charge is 0.305 e. The normalized spacial score (nSPS) is 9.64. The van der Waals surface area contributed by atoms with Crippen LogP contribution in [0, 0.1) is 6.61 Å². The molecule has 11 heavy (non-hydrogen) atoms. The number of ether oxygens (including phenoxy) is 1. The number of hydrogen-bond acceptors (Lipinski definition) is 2. The summed E-state index contributed by atoms with van der Waals surface area (Å²) in [5.74, 6) is -0.138. The highest BCUT2D eigenvalue weighted by Gasteiger charge is 1.96. The molecule has 0 N–H and O–H groups in total. The third-order valence-corrected chi connectivity index (χ3v) is 1.43. The van der Waals surface area contributed by atoms with E-state index in [9.17, 15) is 4.79 Å². The van der Waals surface area contributed by atoms with Crippen LogP contribution in [0.1, 0.15) is 46.0 Å². The summed E-state index contributed by atoms with van der Waals surface area (Å²) in [4.78, 5) is 10.6.